The lowest BCUT2D eigenvalue weighted by molar-refractivity contribution is 0.483. The van der Waals surface area contributed by atoms with E-state index in [0.717, 1.165) is 29.6 Å². The van der Waals surface area contributed by atoms with Gasteiger partial charge >= 0.3 is 0 Å². The van der Waals surface area contributed by atoms with Crippen LogP contribution in [-0.4, -0.2) is 6.54 Å². The van der Waals surface area contributed by atoms with E-state index in [1.54, 1.807) is 0 Å². The number of anilines is 1. The molecule has 2 heteroatoms. The van der Waals surface area contributed by atoms with Gasteiger partial charge in [-0.3, -0.25) is 0 Å². The summed E-state index contributed by atoms with van der Waals surface area (Å²) in [4.78, 5) is 0. The number of hydrogen-bond donors (Lipinski definition) is 1. The van der Waals surface area contributed by atoms with Crippen LogP contribution in [0.1, 0.15) is 19.3 Å². The van der Waals surface area contributed by atoms with E-state index in [0.29, 0.717) is 0 Å². The highest BCUT2D eigenvalue weighted by Crippen LogP contribution is 2.32. The summed E-state index contributed by atoms with van der Waals surface area (Å²) in [6.45, 7) is 1.06. The molecule has 0 amide bonds. The third kappa shape index (κ3) is 3.75. The van der Waals surface area contributed by atoms with Gasteiger partial charge in [0.2, 0.25) is 0 Å². The van der Waals surface area contributed by atoms with Crippen LogP contribution in [0.3, 0.4) is 0 Å². The van der Waals surface area contributed by atoms with E-state index in [1.165, 1.54) is 19.3 Å². The molecule has 0 bridgehead atoms. The summed E-state index contributed by atoms with van der Waals surface area (Å²) in [6.07, 6.45) is 4.11. The SMILES string of the molecule is c1ccc(Oc2cccc(NCCC3CC3)c2)cc1. The summed E-state index contributed by atoms with van der Waals surface area (Å²) in [5.41, 5.74) is 1.13. The first-order valence-electron chi connectivity index (χ1n) is 6.97. The van der Waals surface area contributed by atoms with Crippen molar-refractivity contribution in [2.45, 2.75) is 19.3 Å². The second-order valence-electron chi connectivity index (χ2n) is 5.10. The first-order valence-corrected chi connectivity index (χ1v) is 6.97. The molecule has 0 aromatic heterocycles. The van der Waals surface area contributed by atoms with Crippen molar-refractivity contribution in [1.29, 1.82) is 0 Å². The lowest BCUT2D eigenvalue weighted by Gasteiger charge is -2.09. The maximum absolute atomic E-state index is 5.82. The van der Waals surface area contributed by atoms with Crippen LogP contribution in [-0.2, 0) is 0 Å². The van der Waals surface area contributed by atoms with Crippen LogP contribution in [0, 0.1) is 5.92 Å². The molecule has 0 saturated heterocycles. The number of hydrogen-bond acceptors (Lipinski definition) is 2. The molecule has 1 N–H and O–H groups in total. The molecular weight excluding hydrogens is 234 g/mol. The molecule has 0 spiro atoms. The molecule has 0 unspecified atom stereocenters. The maximum Gasteiger partial charge on any atom is 0.129 e. The minimum atomic E-state index is 0.873. The molecule has 98 valence electrons. The molecule has 1 aliphatic rings. The van der Waals surface area contributed by atoms with Crippen molar-refractivity contribution in [1.82, 2.24) is 0 Å². The van der Waals surface area contributed by atoms with Gasteiger partial charge in [-0.25, -0.2) is 0 Å². The fraction of sp³-hybridized carbons (Fsp3) is 0.294. The second kappa shape index (κ2) is 5.79. The smallest absolute Gasteiger partial charge is 0.129 e. The van der Waals surface area contributed by atoms with E-state index in [9.17, 15) is 0 Å². The Morgan fingerprint density at radius 3 is 2.53 bits per heavy atom. The Morgan fingerprint density at radius 1 is 0.947 bits per heavy atom. The highest BCUT2D eigenvalue weighted by molar-refractivity contribution is 5.49. The van der Waals surface area contributed by atoms with Gasteiger partial charge in [0.25, 0.3) is 0 Å². The normalized spacial score (nSPS) is 14.1. The van der Waals surface area contributed by atoms with Crippen LogP contribution in [0.2, 0.25) is 0 Å². The van der Waals surface area contributed by atoms with Crippen molar-refractivity contribution in [2.24, 2.45) is 5.92 Å². The summed E-state index contributed by atoms with van der Waals surface area (Å²) in [5.74, 6) is 2.72. The average molecular weight is 253 g/mol. The zero-order valence-electron chi connectivity index (χ0n) is 11.0. The minimum Gasteiger partial charge on any atom is -0.457 e. The predicted molar refractivity (Wildman–Crippen MR) is 78.8 cm³/mol. The molecule has 1 fully saturated rings. The third-order valence-corrected chi connectivity index (χ3v) is 3.39. The molecule has 2 aromatic rings. The van der Waals surface area contributed by atoms with Crippen LogP contribution >= 0.6 is 0 Å². The Hall–Kier alpha value is -1.96. The van der Waals surface area contributed by atoms with Gasteiger partial charge in [0.15, 0.2) is 0 Å². The minimum absolute atomic E-state index is 0.873. The highest BCUT2D eigenvalue weighted by atomic mass is 16.5. The molecule has 0 atom stereocenters. The number of benzene rings is 2. The standard InChI is InChI=1S/C17H19NO/c1-2-6-16(7-3-1)19-17-8-4-5-15(13-17)18-12-11-14-9-10-14/h1-8,13-14,18H,9-12H2. The second-order valence-corrected chi connectivity index (χ2v) is 5.10. The maximum atomic E-state index is 5.82. The highest BCUT2D eigenvalue weighted by Gasteiger charge is 2.20. The summed E-state index contributed by atoms with van der Waals surface area (Å²) in [5, 5.41) is 3.46. The lowest BCUT2D eigenvalue weighted by atomic mass is 10.2. The van der Waals surface area contributed by atoms with Crippen LogP contribution in [0.5, 0.6) is 11.5 Å². The molecule has 19 heavy (non-hydrogen) atoms. The summed E-state index contributed by atoms with van der Waals surface area (Å²) in [6, 6.07) is 18.0. The molecule has 1 aliphatic carbocycles. The molecule has 3 rings (SSSR count). The molecular formula is C17H19NO. The molecule has 0 radical (unpaired) electrons. The van der Waals surface area contributed by atoms with Gasteiger partial charge < -0.3 is 10.1 Å². The number of rotatable bonds is 6. The fourth-order valence-electron chi connectivity index (χ4n) is 2.12. The van der Waals surface area contributed by atoms with Crippen molar-refractivity contribution >= 4 is 5.69 Å². The van der Waals surface area contributed by atoms with Crippen molar-refractivity contribution in [3.8, 4) is 11.5 Å². The van der Waals surface area contributed by atoms with Gasteiger partial charge in [-0.1, -0.05) is 37.1 Å². The van der Waals surface area contributed by atoms with Crippen molar-refractivity contribution in [2.75, 3.05) is 11.9 Å². The van der Waals surface area contributed by atoms with E-state index in [2.05, 4.69) is 17.4 Å². The van der Waals surface area contributed by atoms with Crippen LogP contribution in [0.25, 0.3) is 0 Å². The summed E-state index contributed by atoms with van der Waals surface area (Å²) in [7, 11) is 0. The van der Waals surface area contributed by atoms with Crippen LogP contribution in [0.4, 0.5) is 5.69 Å². The topological polar surface area (TPSA) is 21.3 Å². The molecule has 2 aromatic carbocycles. The first-order chi connectivity index (χ1) is 9.40. The zero-order chi connectivity index (χ0) is 12.9. The molecule has 0 heterocycles. The van der Waals surface area contributed by atoms with Crippen molar-refractivity contribution in [3.63, 3.8) is 0 Å². The Bertz CT molecular complexity index is 520. The van der Waals surface area contributed by atoms with Crippen molar-refractivity contribution < 1.29 is 4.74 Å². The lowest BCUT2D eigenvalue weighted by Crippen LogP contribution is -2.02. The summed E-state index contributed by atoms with van der Waals surface area (Å²) < 4.78 is 5.82. The number of nitrogens with one attached hydrogen (secondary N) is 1. The first kappa shape index (κ1) is 12.1. The number of para-hydroxylation sites is 1. The zero-order valence-corrected chi connectivity index (χ0v) is 11.0. The van der Waals surface area contributed by atoms with Crippen molar-refractivity contribution in [3.05, 3.63) is 54.6 Å². The van der Waals surface area contributed by atoms with Gasteiger partial charge in [0, 0.05) is 18.3 Å². The van der Waals surface area contributed by atoms with E-state index in [-0.39, 0.29) is 0 Å². The summed E-state index contributed by atoms with van der Waals surface area (Å²) >= 11 is 0. The van der Waals surface area contributed by atoms with Crippen LogP contribution in [0.15, 0.2) is 54.6 Å². The Labute approximate surface area is 114 Å². The Balaban J connectivity index is 1.58. The quantitative estimate of drug-likeness (QED) is 0.806. The Morgan fingerprint density at radius 2 is 1.74 bits per heavy atom. The van der Waals surface area contributed by atoms with E-state index >= 15 is 0 Å². The average Bonchev–Trinajstić information content (AvgIpc) is 3.25. The van der Waals surface area contributed by atoms with E-state index in [1.807, 2.05) is 42.5 Å². The third-order valence-electron chi connectivity index (χ3n) is 3.39. The van der Waals surface area contributed by atoms with Gasteiger partial charge in [0.05, 0.1) is 0 Å². The largest absolute Gasteiger partial charge is 0.457 e. The van der Waals surface area contributed by atoms with Crippen LogP contribution < -0.4 is 10.1 Å². The predicted octanol–water partition coefficient (Wildman–Crippen LogP) is 4.69. The van der Waals surface area contributed by atoms with Gasteiger partial charge in [0.1, 0.15) is 11.5 Å². The van der Waals surface area contributed by atoms with Gasteiger partial charge in [-0.2, -0.15) is 0 Å². The fourth-order valence-corrected chi connectivity index (χ4v) is 2.12. The molecule has 1 saturated carbocycles. The monoisotopic (exact) mass is 253 g/mol. The van der Waals surface area contributed by atoms with E-state index < -0.39 is 0 Å². The Kier molecular flexibility index (Phi) is 3.68. The van der Waals surface area contributed by atoms with E-state index in [4.69, 9.17) is 4.74 Å². The number of ether oxygens (including phenoxy) is 1. The molecule has 0 aliphatic heterocycles. The molecule has 2 nitrogen and oxygen atoms in total. The van der Waals surface area contributed by atoms with Gasteiger partial charge in [-0.05, 0) is 36.6 Å². The van der Waals surface area contributed by atoms with Gasteiger partial charge in [-0.15, -0.1) is 0 Å².